The van der Waals surface area contributed by atoms with E-state index in [-0.39, 0.29) is 0 Å². The molecule has 11 heavy (non-hydrogen) atoms. The lowest BCUT2D eigenvalue weighted by atomic mass is 10.6. The summed E-state index contributed by atoms with van der Waals surface area (Å²) in [4.78, 5) is 17.5. The number of carbonyl (C=O) groups excluding carboxylic acids is 1. The van der Waals surface area contributed by atoms with Crippen LogP contribution in [0, 0.1) is 0 Å². The van der Waals surface area contributed by atoms with Gasteiger partial charge in [-0.25, -0.2) is 9.97 Å². The molecule has 0 saturated carbocycles. The molecule has 5 nitrogen and oxygen atoms in total. The Balaban J connectivity index is 2.74. The number of anilines is 1. The molecule has 1 heterocycles. The van der Waals surface area contributed by atoms with Crippen LogP contribution in [0.15, 0.2) is 12.4 Å². The number of hydrogen-bond donors (Lipinski definition) is 1. The van der Waals surface area contributed by atoms with Gasteiger partial charge in [-0.05, 0) is 0 Å². The van der Waals surface area contributed by atoms with E-state index in [0.717, 1.165) is 0 Å². The van der Waals surface area contributed by atoms with E-state index < -0.39 is 0 Å². The molecule has 1 N–H and O–H groups in total. The van der Waals surface area contributed by atoms with Crippen LogP contribution >= 0.6 is 0 Å². The molecule has 0 radical (unpaired) electrons. The van der Waals surface area contributed by atoms with Crippen LogP contribution in [0.2, 0.25) is 0 Å². The van der Waals surface area contributed by atoms with Gasteiger partial charge in [0.05, 0.1) is 19.5 Å². The molecule has 0 saturated heterocycles. The van der Waals surface area contributed by atoms with E-state index in [9.17, 15) is 4.79 Å². The summed E-state index contributed by atoms with van der Waals surface area (Å²) < 4.78 is 4.76. The molecule has 1 amide bonds. The molecule has 1 aromatic heterocycles. The van der Waals surface area contributed by atoms with Crippen molar-refractivity contribution in [3.8, 4) is 5.88 Å². The van der Waals surface area contributed by atoms with Gasteiger partial charge in [0, 0.05) is 0 Å². The number of rotatable bonds is 3. The van der Waals surface area contributed by atoms with Crippen molar-refractivity contribution in [2.45, 2.75) is 0 Å². The molecule has 0 spiro atoms. The highest BCUT2D eigenvalue weighted by Gasteiger charge is 1.93. The minimum atomic E-state index is 0.404. The summed E-state index contributed by atoms with van der Waals surface area (Å²) in [5.41, 5.74) is 0. The summed E-state index contributed by atoms with van der Waals surface area (Å²) in [5.74, 6) is 0.822. The molecule has 0 aliphatic rings. The molecule has 0 unspecified atom stereocenters. The Labute approximate surface area is 63.4 Å². The van der Waals surface area contributed by atoms with Gasteiger partial charge in [0.1, 0.15) is 0 Å². The fraction of sp³-hybridized carbons (Fsp3) is 0.167. The Morgan fingerprint density at radius 2 is 2.36 bits per heavy atom. The maximum atomic E-state index is 9.92. The Hall–Kier alpha value is -1.65. The van der Waals surface area contributed by atoms with Crippen molar-refractivity contribution in [3.05, 3.63) is 12.4 Å². The first-order valence-electron chi connectivity index (χ1n) is 2.93. The quantitative estimate of drug-likeness (QED) is 0.623. The summed E-state index contributed by atoms with van der Waals surface area (Å²) in [7, 11) is 1.50. The van der Waals surface area contributed by atoms with Crippen molar-refractivity contribution in [3.63, 3.8) is 0 Å². The molecular weight excluding hydrogens is 146 g/mol. The van der Waals surface area contributed by atoms with E-state index in [1.165, 1.54) is 19.5 Å². The van der Waals surface area contributed by atoms with Gasteiger partial charge in [-0.15, -0.1) is 0 Å². The number of nitrogens with one attached hydrogen (secondary N) is 1. The van der Waals surface area contributed by atoms with Crippen molar-refractivity contribution in [2.24, 2.45) is 0 Å². The molecular formula is C6H7N3O2. The maximum Gasteiger partial charge on any atom is 0.232 e. The van der Waals surface area contributed by atoms with E-state index in [0.29, 0.717) is 18.1 Å². The van der Waals surface area contributed by atoms with Gasteiger partial charge in [0.2, 0.25) is 12.3 Å². The second-order valence-electron chi connectivity index (χ2n) is 1.71. The van der Waals surface area contributed by atoms with Gasteiger partial charge < -0.3 is 10.1 Å². The zero-order valence-electron chi connectivity index (χ0n) is 5.94. The average Bonchev–Trinajstić information content (AvgIpc) is 2.07. The second-order valence-corrected chi connectivity index (χ2v) is 1.71. The predicted octanol–water partition coefficient (Wildman–Crippen LogP) is 0.0535. The third-order valence-electron chi connectivity index (χ3n) is 1.04. The fourth-order valence-corrected chi connectivity index (χ4v) is 0.557. The van der Waals surface area contributed by atoms with Crippen molar-refractivity contribution < 1.29 is 9.53 Å². The predicted molar refractivity (Wildman–Crippen MR) is 38.3 cm³/mol. The molecule has 0 aromatic carbocycles. The molecule has 0 aliphatic carbocycles. The van der Waals surface area contributed by atoms with Gasteiger partial charge in [-0.3, -0.25) is 4.79 Å². The minimum Gasteiger partial charge on any atom is -0.480 e. The molecule has 58 valence electrons. The van der Waals surface area contributed by atoms with Gasteiger partial charge >= 0.3 is 0 Å². The molecule has 1 rings (SSSR count). The SMILES string of the molecule is COc1cnc(NC=O)cn1. The van der Waals surface area contributed by atoms with Gasteiger partial charge in [0.15, 0.2) is 5.82 Å². The molecule has 0 aliphatic heterocycles. The fourth-order valence-electron chi connectivity index (χ4n) is 0.557. The lowest BCUT2D eigenvalue weighted by molar-refractivity contribution is -0.105. The molecule has 0 bridgehead atoms. The summed E-state index contributed by atoms with van der Waals surface area (Å²) in [6.07, 6.45) is 3.37. The summed E-state index contributed by atoms with van der Waals surface area (Å²) in [6.45, 7) is 0. The van der Waals surface area contributed by atoms with Crippen LogP contribution in [0.4, 0.5) is 5.82 Å². The standard InChI is InChI=1S/C6H7N3O2/c1-11-6-3-7-5(2-8-6)9-4-10/h2-4H,1H3,(H,7,9,10). The van der Waals surface area contributed by atoms with Crippen LogP contribution in [0.1, 0.15) is 0 Å². The first-order chi connectivity index (χ1) is 5.36. The molecule has 0 fully saturated rings. The zero-order chi connectivity index (χ0) is 8.10. The first-order valence-corrected chi connectivity index (χ1v) is 2.93. The van der Waals surface area contributed by atoms with Crippen molar-refractivity contribution in [2.75, 3.05) is 12.4 Å². The largest absolute Gasteiger partial charge is 0.480 e. The van der Waals surface area contributed by atoms with Crippen molar-refractivity contribution in [1.29, 1.82) is 0 Å². The Bertz CT molecular complexity index is 234. The van der Waals surface area contributed by atoms with Crippen LogP contribution in [-0.2, 0) is 4.79 Å². The van der Waals surface area contributed by atoms with Crippen LogP contribution < -0.4 is 10.1 Å². The van der Waals surface area contributed by atoms with E-state index >= 15 is 0 Å². The average molecular weight is 153 g/mol. The monoisotopic (exact) mass is 153 g/mol. The van der Waals surface area contributed by atoms with Gasteiger partial charge in [-0.1, -0.05) is 0 Å². The Morgan fingerprint density at radius 3 is 2.82 bits per heavy atom. The highest BCUT2D eigenvalue weighted by Crippen LogP contribution is 2.04. The number of ether oxygens (including phenoxy) is 1. The highest BCUT2D eigenvalue weighted by molar-refractivity contribution is 5.67. The highest BCUT2D eigenvalue weighted by atomic mass is 16.5. The normalized spacial score (nSPS) is 8.82. The van der Waals surface area contributed by atoms with Crippen LogP contribution in [0.25, 0.3) is 0 Å². The number of amides is 1. The second kappa shape index (κ2) is 3.50. The van der Waals surface area contributed by atoms with E-state index in [4.69, 9.17) is 4.74 Å². The zero-order valence-corrected chi connectivity index (χ0v) is 5.94. The van der Waals surface area contributed by atoms with Crippen molar-refractivity contribution >= 4 is 12.2 Å². The van der Waals surface area contributed by atoms with E-state index in [1.807, 2.05) is 0 Å². The van der Waals surface area contributed by atoms with E-state index in [1.54, 1.807) is 0 Å². The lowest BCUT2D eigenvalue weighted by Crippen LogP contribution is -1.98. The number of methoxy groups -OCH3 is 1. The van der Waals surface area contributed by atoms with Crippen molar-refractivity contribution in [1.82, 2.24) is 9.97 Å². The minimum absolute atomic E-state index is 0.404. The maximum absolute atomic E-state index is 9.92. The van der Waals surface area contributed by atoms with Crippen LogP contribution in [-0.4, -0.2) is 23.5 Å². The first kappa shape index (κ1) is 7.46. The molecule has 5 heteroatoms. The Kier molecular flexibility index (Phi) is 2.37. The topological polar surface area (TPSA) is 64.1 Å². The van der Waals surface area contributed by atoms with E-state index in [2.05, 4.69) is 15.3 Å². The third kappa shape index (κ3) is 1.89. The lowest BCUT2D eigenvalue weighted by Gasteiger charge is -1.98. The van der Waals surface area contributed by atoms with Crippen LogP contribution in [0.5, 0.6) is 5.88 Å². The third-order valence-corrected chi connectivity index (χ3v) is 1.04. The van der Waals surface area contributed by atoms with Gasteiger partial charge in [-0.2, -0.15) is 0 Å². The number of hydrogen-bond acceptors (Lipinski definition) is 4. The molecule has 0 atom stereocenters. The molecule has 1 aromatic rings. The summed E-state index contributed by atoms with van der Waals surface area (Å²) >= 11 is 0. The number of carbonyl (C=O) groups is 1. The summed E-state index contributed by atoms with van der Waals surface area (Å²) in [5, 5.41) is 2.35. The number of nitrogens with zero attached hydrogens (tertiary/aromatic N) is 2. The number of aromatic nitrogens is 2. The van der Waals surface area contributed by atoms with Crippen LogP contribution in [0.3, 0.4) is 0 Å². The Morgan fingerprint density at radius 1 is 1.55 bits per heavy atom. The smallest absolute Gasteiger partial charge is 0.232 e. The van der Waals surface area contributed by atoms with Gasteiger partial charge in [0.25, 0.3) is 0 Å². The summed E-state index contributed by atoms with van der Waals surface area (Å²) in [6, 6.07) is 0.